The Bertz CT molecular complexity index is 759. The van der Waals surface area contributed by atoms with Gasteiger partial charge in [-0.15, -0.1) is 0 Å². The molecule has 3 aliphatic heterocycles. The van der Waals surface area contributed by atoms with E-state index in [0.29, 0.717) is 19.0 Å². The number of hydrogen-bond acceptors (Lipinski definition) is 5. The van der Waals surface area contributed by atoms with E-state index in [1.54, 1.807) is 6.07 Å². The summed E-state index contributed by atoms with van der Waals surface area (Å²) in [5.74, 6) is -0.102. The molecule has 1 atom stereocenters. The molecular formula is C24H31FO5. The van der Waals surface area contributed by atoms with Crippen molar-refractivity contribution in [2.75, 3.05) is 20.3 Å². The van der Waals surface area contributed by atoms with Crippen LogP contribution in [0, 0.1) is 11.2 Å². The van der Waals surface area contributed by atoms with Crippen molar-refractivity contribution >= 4 is 5.97 Å². The summed E-state index contributed by atoms with van der Waals surface area (Å²) in [5, 5.41) is 0. The molecule has 4 fully saturated rings. The predicted octanol–water partition coefficient (Wildman–Crippen LogP) is 5.03. The van der Waals surface area contributed by atoms with E-state index < -0.39 is 5.60 Å². The zero-order valence-corrected chi connectivity index (χ0v) is 17.7. The largest absolute Gasteiger partial charge is 0.466 e. The van der Waals surface area contributed by atoms with Crippen LogP contribution in [0.4, 0.5) is 4.39 Å². The van der Waals surface area contributed by atoms with Crippen LogP contribution in [0.1, 0.15) is 63.4 Å². The lowest BCUT2D eigenvalue weighted by atomic mass is 9.62. The molecule has 2 bridgehead atoms. The molecule has 1 unspecified atom stereocenters. The Labute approximate surface area is 177 Å². The first-order valence-electron chi connectivity index (χ1n) is 11.0. The molecule has 5 nitrogen and oxygen atoms in total. The highest BCUT2D eigenvalue weighted by Gasteiger charge is 2.50. The van der Waals surface area contributed by atoms with Gasteiger partial charge in [-0.1, -0.05) is 6.08 Å². The number of ether oxygens (including phenoxy) is 4. The number of hydrogen-bond donors (Lipinski definition) is 0. The van der Waals surface area contributed by atoms with Gasteiger partial charge in [0.15, 0.2) is 6.29 Å². The molecular weight excluding hydrogens is 387 g/mol. The summed E-state index contributed by atoms with van der Waals surface area (Å²) in [5.41, 5.74) is 0.578. The maximum Gasteiger partial charge on any atom is 0.330 e. The van der Waals surface area contributed by atoms with Crippen LogP contribution in [-0.4, -0.2) is 32.6 Å². The first-order chi connectivity index (χ1) is 14.5. The van der Waals surface area contributed by atoms with Gasteiger partial charge in [0.2, 0.25) is 0 Å². The highest BCUT2D eigenvalue weighted by atomic mass is 19.1. The molecule has 6 heteroatoms. The Balaban J connectivity index is 1.40. The van der Waals surface area contributed by atoms with E-state index in [0.717, 1.165) is 63.4 Å². The third kappa shape index (κ3) is 4.70. The standard InChI is InChI=1S/C24H31FO5/c1-27-21(26)6-2-4-8-23-9-11-24(12-10-23,29-17-23)18-14-19(25)16-20(15-18)30-22-7-3-5-13-28-22/h2,6,14-16,22H,3-5,7-13,17H2,1H3/b6-2+. The van der Waals surface area contributed by atoms with Gasteiger partial charge in [-0.3, -0.25) is 0 Å². The van der Waals surface area contributed by atoms with Crippen molar-refractivity contribution in [3.8, 4) is 5.75 Å². The molecule has 0 N–H and O–H groups in total. The minimum absolute atomic E-state index is 0.144. The Morgan fingerprint density at radius 3 is 2.73 bits per heavy atom. The number of allylic oxidation sites excluding steroid dienone is 1. The van der Waals surface area contributed by atoms with Crippen LogP contribution >= 0.6 is 0 Å². The van der Waals surface area contributed by atoms with Crippen LogP contribution in [0.3, 0.4) is 0 Å². The van der Waals surface area contributed by atoms with Crippen LogP contribution in [0.2, 0.25) is 0 Å². The summed E-state index contributed by atoms with van der Waals surface area (Å²) in [6, 6.07) is 4.95. The molecule has 1 aromatic rings. The molecule has 3 saturated heterocycles. The Kier molecular flexibility index (Phi) is 6.44. The van der Waals surface area contributed by atoms with E-state index in [4.69, 9.17) is 14.2 Å². The highest BCUT2D eigenvalue weighted by Crippen LogP contribution is 2.55. The number of esters is 1. The van der Waals surface area contributed by atoms with Crippen molar-refractivity contribution in [1.82, 2.24) is 0 Å². The summed E-state index contributed by atoms with van der Waals surface area (Å²) < 4.78 is 37.0. The van der Waals surface area contributed by atoms with Crippen LogP contribution in [-0.2, 0) is 24.6 Å². The first-order valence-corrected chi connectivity index (χ1v) is 11.0. The van der Waals surface area contributed by atoms with Crippen LogP contribution in [0.5, 0.6) is 5.75 Å². The van der Waals surface area contributed by atoms with Crippen LogP contribution in [0.15, 0.2) is 30.4 Å². The van der Waals surface area contributed by atoms with Crippen molar-refractivity contribution in [1.29, 1.82) is 0 Å². The van der Waals surface area contributed by atoms with Gasteiger partial charge < -0.3 is 18.9 Å². The SMILES string of the molecule is COC(=O)/C=C/CCC12CCC(c3cc(F)cc(OC4CCCCO4)c3)(CC1)OC2. The number of benzene rings is 1. The summed E-state index contributed by atoms with van der Waals surface area (Å²) in [6.45, 7) is 1.36. The third-order valence-corrected chi connectivity index (χ3v) is 6.87. The molecule has 0 aromatic heterocycles. The van der Waals surface area contributed by atoms with E-state index in [-0.39, 0.29) is 23.5 Å². The Morgan fingerprint density at radius 2 is 2.07 bits per heavy atom. The predicted molar refractivity (Wildman–Crippen MR) is 110 cm³/mol. The number of rotatable bonds is 7. The monoisotopic (exact) mass is 418 g/mol. The first kappa shape index (κ1) is 21.3. The smallest absolute Gasteiger partial charge is 0.330 e. The Hall–Kier alpha value is -1.92. The molecule has 3 heterocycles. The van der Waals surface area contributed by atoms with Crippen molar-refractivity contribution in [2.24, 2.45) is 5.41 Å². The van der Waals surface area contributed by atoms with Gasteiger partial charge in [0.25, 0.3) is 0 Å². The van der Waals surface area contributed by atoms with Gasteiger partial charge in [-0.2, -0.15) is 0 Å². The average Bonchev–Trinajstić information content (AvgIpc) is 2.78. The second-order valence-corrected chi connectivity index (χ2v) is 8.84. The van der Waals surface area contributed by atoms with E-state index in [2.05, 4.69) is 4.74 Å². The second-order valence-electron chi connectivity index (χ2n) is 8.84. The van der Waals surface area contributed by atoms with E-state index in [1.807, 2.05) is 12.1 Å². The van der Waals surface area contributed by atoms with E-state index in [9.17, 15) is 9.18 Å². The van der Waals surface area contributed by atoms with Crippen molar-refractivity contribution in [3.05, 3.63) is 41.7 Å². The van der Waals surface area contributed by atoms with Crippen molar-refractivity contribution < 1.29 is 28.1 Å². The van der Waals surface area contributed by atoms with Gasteiger partial charge in [0.1, 0.15) is 11.6 Å². The molecule has 5 rings (SSSR count). The third-order valence-electron chi connectivity index (χ3n) is 6.87. The minimum atomic E-state index is -0.433. The van der Waals surface area contributed by atoms with Gasteiger partial charge in [-0.25, -0.2) is 9.18 Å². The quantitative estimate of drug-likeness (QED) is 0.459. The molecule has 1 aromatic carbocycles. The Morgan fingerprint density at radius 1 is 1.23 bits per heavy atom. The fourth-order valence-corrected chi connectivity index (χ4v) is 4.95. The van der Waals surface area contributed by atoms with Gasteiger partial charge in [0, 0.05) is 18.6 Å². The minimum Gasteiger partial charge on any atom is -0.466 e. The molecule has 0 amide bonds. The molecule has 164 valence electrons. The number of carbonyl (C=O) groups excluding carboxylic acids is 1. The molecule has 1 saturated carbocycles. The van der Waals surface area contributed by atoms with Gasteiger partial charge in [0.05, 0.1) is 25.9 Å². The van der Waals surface area contributed by atoms with Gasteiger partial charge in [-0.05, 0) is 74.5 Å². The topological polar surface area (TPSA) is 54.0 Å². The van der Waals surface area contributed by atoms with E-state index >= 15 is 0 Å². The maximum atomic E-state index is 14.4. The lowest BCUT2D eigenvalue weighted by molar-refractivity contribution is -0.191. The van der Waals surface area contributed by atoms with Crippen LogP contribution < -0.4 is 4.74 Å². The lowest BCUT2D eigenvalue weighted by Gasteiger charge is -2.53. The summed E-state index contributed by atoms with van der Waals surface area (Å²) in [4.78, 5) is 11.2. The normalized spacial score (nSPS) is 31.1. The van der Waals surface area contributed by atoms with Crippen molar-refractivity contribution in [2.45, 2.75) is 69.7 Å². The summed E-state index contributed by atoms with van der Waals surface area (Å²) in [6.07, 6.45) is 11.6. The van der Waals surface area contributed by atoms with Crippen LogP contribution in [0.25, 0.3) is 0 Å². The second kappa shape index (κ2) is 9.06. The summed E-state index contributed by atoms with van der Waals surface area (Å²) >= 11 is 0. The number of fused-ring (bicyclic) bond motifs is 3. The number of methoxy groups -OCH3 is 1. The fourth-order valence-electron chi connectivity index (χ4n) is 4.95. The number of carbonyl (C=O) groups is 1. The molecule has 30 heavy (non-hydrogen) atoms. The maximum absolute atomic E-state index is 14.4. The van der Waals surface area contributed by atoms with E-state index in [1.165, 1.54) is 19.3 Å². The molecule has 4 aliphatic rings. The fraction of sp³-hybridized carbons (Fsp3) is 0.625. The molecule has 0 radical (unpaired) electrons. The summed E-state index contributed by atoms with van der Waals surface area (Å²) in [7, 11) is 1.38. The average molecular weight is 419 g/mol. The number of halogens is 1. The highest BCUT2D eigenvalue weighted by molar-refractivity contribution is 5.81. The molecule has 0 spiro atoms. The zero-order valence-electron chi connectivity index (χ0n) is 17.7. The van der Waals surface area contributed by atoms with Gasteiger partial charge >= 0.3 is 5.97 Å². The lowest BCUT2D eigenvalue weighted by Crippen LogP contribution is -2.49. The molecule has 1 aliphatic carbocycles. The zero-order chi connectivity index (χ0) is 21.0. The van der Waals surface area contributed by atoms with Crippen molar-refractivity contribution in [3.63, 3.8) is 0 Å².